The highest BCUT2D eigenvalue weighted by Gasteiger charge is 2.18. The Morgan fingerprint density at radius 3 is 3.08 bits per heavy atom. The molecule has 1 aromatic heterocycles. The molecule has 1 aromatic rings. The smallest absolute Gasteiger partial charge is 0.198 e. The SMILES string of the molecule is Nc1nc(=S)[nH]c2c1CC(N)CC2. The molecule has 0 fully saturated rings. The number of aryl methyl sites for hydroxylation is 1. The highest BCUT2D eigenvalue weighted by atomic mass is 32.1. The molecule has 13 heavy (non-hydrogen) atoms. The highest BCUT2D eigenvalue weighted by molar-refractivity contribution is 7.71. The van der Waals surface area contributed by atoms with E-state index in [0.29, 0.717) is 10.6 Å². The number of nitrogens with one attached hydrogen (secondary N) is 1. The average Bonchev–Trinajstić information content (AvgIpc) is 2.06. The third kappa shape index (κ3) is 1.57. The topological polar surface area (TPSA) is 80.7 Å². The Hall–Kier alpha value is -0.940. The van der Waals surface area contributed by atoms with Crippen LogP contribution in [0.5, 0.6) is 0 Å². The predicted octanol–water partition coefficient (Wildman–Crippen LogP) is 0.537. The number of hydrogen-bond donors (Lipinski definition) is 3. The first-order valence-electron chi connectivity index (χ1n) is 4.30. The normalized spacial score (nSPS) is 21.2. The highest BCUT2D eigenvalue weighted by Crippen LogP contribution is 2.21. The molecular formula is C8H12N4S. The molecule has 4 nitrogen and oxygen atoms in total. The van der Waals surface area contributed by atoms with E-state index in [9.17, 15) is 0 Å². The minimum atomic E-state index is 0.209. The van der Waals surface area contributed by atoms with Gasteiger partial charge in [0.2, 0.25) is 0 Å². The van der Waals surface area contributed by atoms with Gasteiger partial charge in [0.25, 0.3) is 0 Å². The van der Waals surface area contributed by atoms with E-state index in [-0.39, 0.29) is 6.04 Å². The number of aromatic amines is 1. The predicted molar refractivity (Wildman–Crippen MR) is 53.8 cm³/mol. The quantitative estimate of drug-likeness (QED) is 0.529. The molecule has 1 aliphatic rings. The fourth-order valence-electron chi connectivity index (χ4n) is 1.70. The van der Waals surface area contributed by atoms with Crippen molar-refractivity contribution in [3.8, 4) is 0 Å². The van der Waals surface area contributed by atoms with Gasteiger partial charge in [0.05, 0.1) is 0 Å². The molecule has 0 saturated heterocycles. The van der Waals surface area contributed by atoms with Gasteiger partial charge in [-0.1, -0.05) is 0 Å². The fraction of sp³-hybridized carbons (Fsp3) is 0.500. The minimum absolute atomic E-state index is 0.209. The number of nitrogens with zero attached hydrogens (tertiary/aromatic N) is 1. The molecule has 0 bridgehead atoms. The number of aromatic nitrogens is 2. The first-order chi connectivity index (χ1) is 6.16. The molecule has 1 heterocycles. The van der Waals surface area contributed by atoms with Crippen molar-refractivity contribution in [1.29, 1.82) is 0 Å². The molecule has 0 aromatic carbocycles. The Morgan fingerprint density at radius 2 is 2.31 bits per heavy atom. The monoisotopic (exact) mass is 196 g/mol. The Balaban J connectivity index is 2.53. The Bertz CT molecular complexity index is 384. The second kappa shape index (κ2) is 3.08. The average molecular weight is 196 g/mol. The molecule has 1 unspecified atom stereocenters. The van der Waals surface area contributed by atoms with Gasteiger partial charge in [-0.2, -0.15) is 0 Å². The van der Waals surface area contributed by atoms with Crippen LogP contribution in [-0.4, -0.2) is 16.0 Å². The summed E-state index contributed by atoms with van der Waals surface area (Å²) >= 11 is 4.94. The molecular weight excluding hydrogens is 184 g/mol. The summed E-state index contributed by atoms with van der Waals surface area (Å²) in [5.74, 6) is 0.536. The van der Waals surface area contributed by atoms with Gasteiger partial charge in [-0.25, -0.2) is 4.98 Å². The molecule has 70 valence electrons. The van der Waals surface area contributed by atoms with Crippen LogP contribution >= 0.6 is 12.2 Å². The fourth-order valence-corrected chi connectivity index (χ4v) is 1.92. The molecule has 0 amide bonds. The van der Waals surface area contributed by atoms with Gasteiger partial charge in [-0.15, -0.1) is 0 Å². The van der Waals surface area contributed by atoms with Crippen molar-refractivity contribution in [3.05, 3.63) is 16.0 Å². The largest absolute Gasteiger partial charge is 0.383 e. The lowest BCUT2D eigenvalue weighted by Crippen LogP contribution is -2.29. The van der Waals surface area contributed by atoms with Gasteiger partial charge in [0, 0.05) is 17.3 Å². The van der Waals surface area contributed by atoms with Crippen molar-refractivity contribution in [2.45, 2.75) is 25.3 Å². The van der Waals surface area contributed by atoms with E-state index in [1.54, 1.807) is 0 Å². The first kappa shape index (κ1) is 8.65. The second-order valence-electron chi connectivity index (χ2n) is 3.39. The molecule has 0 radical (unpaired) electrons. The van der Waals surface area contributed by atoms with Crippen LogP contribution < -0.4 is 11.5 Å². The van der Waals surface area contributed by atoms with Crippen LogP contribution in [-0.2, 0) is 12.8 Å². The van der Waals surface area contributed by atoms with Crippen molar-refractivity contribution in [1.82, 2.24) is 9.97 Å². The van der Waals surface area contributed by atoms with Gasteiger partial charge in [0.15, 0.2) is 4.77 Å². The van der Waals surface area contributed by atoms with E-state index in [1.807, 2.05) is 0 Å². The minimum Gasteiger partial charge on any atom is -0.383 e. The summed E-state index contributed by atoms with van der Waals surface area (Å²) in [5, 5.41) is 0. The molecule has 0 spiro atoms. The molecule has 1 aliphatic carbocycles. The van der Waals surface area contributed by atoms with Crippen LogP contribution in [0.2, 0.25) is 0 Å². The summed E-state index contributed by atoms with van der Waals surface area (Å²) in [6.45, 7) is 0. The number of H-pyrrole nitrogens is 1. The Labute approximate surface area is 81.4 Å². The van der Waals surface area contributed by atoms with Crippen molar-refractivity contribution in [2.75, 3.05) is 5.73 Å². The summed E-state index contributed by atoms with van der Waals surface area (Å²) in [6, 6.07) is 0.209. The van der Waals surface area contributed by atoms with Gasteiger partial charge < -0.3 is 16.5 Å². The molecule has 1 atom stereocenters. The molecule has 2 rings (SSSR count). The van der Waals surface area contributed by atoms with Gasteiger partial charge in [-0.3, -0.25) is 0 Å². The summed E-state index contributed by atoms with van der Waals surface area (Å²) in [7, 11) is 0. The summed E-state index contributed by atoms with van der Waals surface area (Å²) in [5.41, 5.74) is 13.7. The van der Waals surface area contributed by atoms with Crippen molar-refractivity contribution < 1.29 is 0 Å². The van der Waals surface area contributed by atoms with E-state index >= 15 is 0 Å². The lowest BCUT2D eigenvalue weighted by atomic mass is 9.93. The van der Waals surface area contributed by atoms with E-state index in [0.717, 1.165) is 30.5 Å². The van der Waals surface area contributed by atoms with Gasteiger partial charge >= 0.3 is 0 Å². The standard InChI is InChI=1S/C8H12N4S/c9-4-1-2-6-5(3-4)7(10)12-8(13)11-6/h4H,1-3,9H2,(H3,10,11,12,13). The third-order valence-electron chi connectivity index (χ3n) is 2.38. The van der Waals surface area contributed by atoms with E-state index < -0.39 is 0 Å². The maximum atomic E-state index is 5.83. The third-order valence-corrected chi connectivity index (χ3v) is 2.58. The van der Waals surface area contributed by atoms with Crippen LogP contribution in [0.3, 0.4) is 0 Å². The number of rotatable bonds is 0. The van der Waals surface area contributed by atoms with Crippen molar-refractivity contribution >= 4 is 18.0 Å². The lowest BCUT2D eigenvalue weighted by molar-refractivity contribution is 0.564. The molecule has 5 heteroatoms. The summed E-state index contributed by atoms with van der Waals surface area (Å²) < 4.78 is 0.465. The Kier molecular flexibility index (Phi) is 2.05. The number of anilines is 1. The molecule has 0 aliphatic heterocycles. The lowest BCUT2D eigenvalue weighted by Gasteiger charge is -2.21. The first-order valence-corrected chi connectivity index (χ1v) is 4.71. The summed E-state index contributed by atoms with van der Waals surface area (Å²) in [4.78, 5) is 7.06. The van der Waals surface area contributed by atoms with Crippen LogP contribution in [0.25, 0.3) is 0 Å². The van der Waals surface area contributed by atoms with E-state index in [4.69, 9.17) is 23.7 Å². The van der Waals surface area contributed by atoms with E-state index in [1.165, 1.54) is 0 Å². The van der Waals surface area contributed by atoms with Gasteiger partial charge in [-0.05, 0) is 31.5 Å². The van der Waals surface area contributed by atoms with Gasteiger partial charge in [0.1, 0.15) is 5.82 Å². The number of nitrogen functional groups attached to an aromatic ring is 1. The Morgan fingerprint density at radius 1 is 1.54 bits per heavy atom. The van der Waals surface area contributed by atoms with Crippen LogP contribution in [0.1, 0.15) is 17.7 Å². The van der Waals surface area contributed by atoms with Crippen LogP contribution in [0.15, 0.2) is 0 Å². The number of fused-ring (bicyclic) bond motifs is 1. The zero-order chi connectivity index (χ0) is 9.42. The number of hydrogen-bond acceptors (Lipinski definition) is 4. The maximum absolute atomic E-state index is 5.83. The van der Waals surface area contributed by atoms with Crippen LogP contribution in [0, 0.1) is 4.77 Å². The van der Waals surface area contributed by atoms with Crippen LogP contribution in [0.4, 0.5) is 5.82 Å². The molecule has 0 saturated carbocycles. The zero-order valence-corrected chi connectivity index (χ0v) is 8.03. The van der Waals surface area contributed by atoms with Crippen molar-refractivity contribution in [2.24, 2.45) is 5.73 Å². The second-order valence-corrected chi connectivity index (χ2v) is 3.77. The summed E-state index contributed by atoms with van der Waals surface area (Å²) in [6.07, 6.45) is 2.72. The zero-order valence-electron chi connectivity index (χ0n) is 7.21. The van der Waals surface area contributed by atoms with Crippen molar-refractivity contribution in [3.63, 3.8) is 0 Å². The van der Waals surface area contributed by atoms with E-state index in [2.05, 4.69) is 9.97 Å². The maximum Gasteiger partial charge on any atom is 0.198 e. The molecule has 5 N–H and O–H groups in total. The number of nitrogens with two attached hydrogens (primary N) is 2.